The van der Waals surface area contributed by atoms with E-state index in [2.05, 4.69) is 0 Å². The van der Waals surface area contributed by atoms with Crippen LogP contribution < -0.4 is 5.73 Å². The maximum absolute atomic E-state index is 11.5. The minimum Gasteiger partial charge on any atom is -0.459 e. The van der Waals surface area contributed by atoms with Crippen molar-refractivity contribution in [2.45, 2.75) is 58.6 Å². The summed E-state index contributed by atoms with van der Waals surface area (Å²) in [5, 5.41) is 0. The summed E-state index contributed by atoms with van der Waals surface area (Å²) in [6.45, 7) is 9.23. The van der Waals surface area contributed by atoms with Gasteiger partial charge < -0.3 is 10.5 Å². The third-order valence-electron chi connectivity index (χ3n) is 1.63. The van der Waals surface area contributed by atoms with Gasteiger partial charge in [-0.05, 0) is 34.1 Å². The molecule has 0 aromatic rings. The number of carbonyl (C=O) groups is 1. The molecule has 0 aromatic heterocycles. The van der Waals surface area contributed by atoms with Gasteiger partial charge in [0.15, 0.2) is 0 Å². The van der Waals surface area contributed by atoms with Crippen LogP contribution in [-0.4, -0.2) is 17.1 Å². The zero-order chi connectivity index (χ0) is 10.7. The van der Waals surface area contributed by atoms with E-state index >= 15 is 0 Å². The molecule has 1 unspecified atom stereocenters. The summed E-state index contributed by atoms with van der Waals surface area (Å²) >= 11 is 0. The van der Waals surface area contributed by atoms with Crippen LogP contribution in [0.1, 0.15) is 47.5 Å². The summed E-state index contributed by atoms with van der Waals surface area (Å²) < 4.78 is 5.19. The van der Waals surface area contributed by atoms with Crippen molar-refractivity contribution in [3.05, 3.63) is 0 Å². The Balaban J connectivity index is 4.25. The van der Waals surface area contributed by atoms with Crippen molar-refractivity contribution >= 4 is 5.97 Å². The summed E-state index contributed by atoms with van der Waals surface area (Å²) in [5.74, 6) is -0.318. The van der Waals surface area contributed by atoms with E-state index in [4.69, 9.17) is 10.5 Å². The summed E-state index contributed by atoms with van der Waals surface area (Å²) in [7, 11) is 0. The maximum Gasteiger partial charge on any atom is 0.326 e. The molecule has 0 aliphatic carbocycles. The van der Waals surface area contributed by atoms with Gasteiger partial charge in [-0.25, -0.2) is 0 Å². The van der Waals surface area contributed by atoms with Gasteiger partial charge in [-0.1, -0.05) is 13.3 Å². The predicted molar refractivity (Wildman–Crippen MR) is 53.3 cm³/mol. The van der Waals surface area contributed by atoms with Crippen molar-refractivity contribution in [1.29, 1.82) is 0 Å². The van der Waals surface area contributed by atoms with Crippen molar-refractivity contribution < 1.29 is 9.53 Å². The molecule has 1 atom stereocenters. The Kier molecular flexibility index (Phi) is 3.91. The molecule has 0 heterocycles. The van der Waals surface area contributed by atoms with Crippen LogP contribution >= 0.6 is 0 Å². The SMILES string of the molecule is CCCC(C)(N)C(=O)OC(C)(C)C. The first-order valence-corrected chi connectivity index (χ1v) is 4.71. The molecule has 0 rings (SSSR count). The Bertz CT molecular complexity index is 180. The molecule has 0 radical (unpaired) electrons. The minimum atomic E-state index is -0.845. The third kappa shape index (κ3) is 4.88. The molecule has 3 nitrogen and oxygen atoms in total. The number of ether oxygens (including phenoxy) is 1. The van der Waals surface area contributed by atoms with Crippen LogP contribution in [-0.2, 0) is 9.53 Å². The van der Waals surface area contributed by atoms with Gasteiger partial charge in [0.1, 0.15) is 11.1 Å². The van der Waals surface area contributed by atoms with E-state index < -0.39 is 11.1 Å². The van der Waals surface area contributed by atoms with Crippen LogP contribution in [0.4, 0.5) is 0 Å². The molecule has 2 N–H and O–H groups in total. The molecule has 0 amide bonds. The van der Waals surface area contributed by atoms with Crippen LogP contribution in [0.5, 0.6) is 0 Å². The molecule has 0 bridgehead atoms. The van der Waals surface area contributed by atoms with Crippen molar-refractivity contribution in [2.24, 2.45) is 5.73 Å². The average Bonchev–Trinajstić information content (AvgIpc) is 1.82. The topological polar surface area (TPSA) is 52.3 Å². The van der Waals surface area contributed by atoms with Crippen molar-refractivity contribution in [2.75, 3.05) is 0 Å². The van der Waals surface area contributed by atoms with Gasteiger partial charge in [-0.2, -0.15) is 0 Å². The smallest absolute Gasteiger partial charge is 0.326 e. The summed E-state index contributed by atoms with van der Waals surface area (Å²) in [5.41, 5.74) is 4.51. The Morgan fingerprint density at radius 1 is 1.31 bits per heavy atom. The van der Waals surface area contributed by atoms with Gasteiger partial charge >= 0.3 is 5.97 Å². The van der Waals surface area contributed by atoms with E-state index in [1.807, 2.05) is 27.7 Å². The van der Waals surface area contributed by atoms with Gasteiger partial charge in [0.05, 0.1) is 0 Å². The van der Waals surface area contributed by atoms with Crippen molar-refractivity contribution in [3.63, 3.8) is 0 Å². The standard InChI is InChI=1S/C10H21NO2/c1-6-7-10(5,11)8(12)13-9(2,3)4/h6-7,11H2,1-5H3. The van der Waals surface area contributed by atoms with Gasteiger partial charge in [-0.3, -0.25) is 4.79 Å². The van der Waals surface area contributed by atoms with E-state index in [-0.39, 0.29) is 5.97 Å². The third-order valence-corrected chi connectivity index (χ3v) is 1.63. The molecule has 78 valence electrons. The first-order chi connectivity index (χ1) is 5.69. The lowest BCUT2D eigenvalue weighted by Crippen LogP contribution is -2.48. The molecule has 13 heavy (non-hydrogen) atoms. The average molecular weight is 187 g/mol. The van der Waals surface area contributed by atoms with Gasteiger partial charge in [0, 0.05) is 0 Å². The van der Waals surface area contributed by atoms with Crippen molar-refractivity contribution in [3.8, 4) is 0 Å². The second kappa shape index (κ2) is 4.09. The molecule has 0 saturated heterocycles. The van der Waals surface area contributed by atoms with Crippen LogP contribution in [0.25, 0.3) is 0 Å². The lowest BCUT2D eigenvalue weighted by Gasteiger charge is -2.27. The number of rotatable bonds is 3. The molecule has 0 aliphatic rings. The first-order valence-electron chi connectivity index (χ1n) is 4.71. The van der Waals surface area contributed by atoms with E-state index in [1.165, 1.54) is 0 Å². The highest BCUT2D eigenvalue weighted by Crippen LogP contribution is 2.16. The normalized spacial score (nSPS) is 16.5. The van der Waals surface area contributed by atoms with Gasteiger partial charge in [0.2, 0.25) is 0 Å². The molecular weight excluding hydrogens is 166 g/mol. The number of esters is 1. The second-order valence-corrected chi connectivity index (χ2v) is 4.67. The van der Waals surface area contributed by atoms with Crippen LogP contribution in [0.3, 0.4) is 0 Å². The van der Waals surface area contributed by atoms with Gasteiger partial charge in [0.25, 0.3) is 0 Å². The Hall–Kier alpha value is -0.570. The van der Waals surface area contributed by atoms with E-state index in [0.29, 0.717) is 6.42 Å². The zero-order valence-electron chi connectivity index (χ0n) is 9.31. The van der Waals surface area contributed by atoms with Crippen molar-refractivity contribution in [1.82, 2.24) is 0 Å². The fraction of sp³-hybridized carbons (Fsp3) is 0.900. The molecule has 3 heteroatoms. The summed E-state index contributed by atoms with van der Waals surface area (Å²) in [6.07, 6.45) is 1.54. The molecule has 0 aromatic carbocycles. The number of hydrogen-bond acceptors (Lipinski definition) is 3. The number of carbonyl (C=O) groups excluding carboxylic acids is 1. The van der Waals surface area contributed by atoms with Crippen LogP contribution in [0, 0.1) is 0 Å². The lowest BCUT2D eigenvalue weighted by molar-refractivity contribution is -0.161. The zero-order valence-corrected chi connectivity index (χ0v) is 9.31. The van der Waals surface area contributed by atoms with E-state index in [1.54, 1.807) is 6.92 Å². The Labute approximate surface area is 80.6 Å². The Morgan fingerprint density at radius 2 is 1.77 bits per heavy atom. The molecule has 0 spiro atoms. The lowest BCUT2D eigenvalue weighted by atomic mass is 9.97. The maximum atomic E-state index is 11.5. The van der Waals surface area contributed by atoms with Crippen LogP contribution in [0.2, 0.25) is 0 Å². The summed E-state index contributed by atoms with van der Waals surface area (Å²) in [6, 6.07) is 0. The quantitative estimate of drug-likeness (QED) is 0.686. The molecule has 0 fully saturated rings. The minimum absolute atomic E-state index is 0.318. The Morgan fingerprint density at radius 3 is 2.08 bits per heavy atom. The highest BCUT2D eigenvalue weighted by molar-refractivity contribution is 5.80. The van der Waals surface area contributed by atoms with Crippen LogP contribution in [0.15, 0.2) is 0 Å². The largest absolute Gasteiger partial charge is 0.459 e. The second-order valence-electron chi connectivity index (χ2n) is 4.67. The molecule has 0 aliphatic heterocycles. The fourth-order valence-electron chi connectivity index (χ4n) is 1.02. The monoisotopic (exact) mass is 187 g/mol. The first kappa shape index (κ1) is 12.4. The summed E-state index contributed by atoms with van der Waals surface area (Å²) in [4.78, 5) is 11.5. The number of nitrogens with two attached hydrogens (primary N) is 1. The predicted octanol–water partition coefficient (Wildman–Crippen LogP) is 1.85. The molecule has 0 saturated carbocycles. The highest BCUT2D eigenvalue weighted by Gasteiger charge is 2.31. The highest BCUT2D eigenvalue weighted by atomic mass is 16.6. The van der Waals surface area contributed by atoms with E-state index in [0.717, 1.165) is 6.42 Å². The molecular formula is C10H21NO2. The number of hydrogen-bond donors (Lipinski definition) is 1. The van der Waals surface area contributed by atoms with E-state index in [9.17, 15) is 4.79 Å². The van der Waals surface area contributed by atoms with Gasteiger partial charge in [-0.15, -0.1) is 0 Å². The fourth-order valence-corrected chi connectivity index (χ4v) is 1.02.